The van der Waals surface area contributed by atoms with Crippen molar-refractivity contribution in [2.45, 2.75) is 44.9 Å². The summed E-state index contributed by atoms with van der Waals surface area (Å²) in [5, 5.41) is 21.2. The summed E-state index contributed by atoms with van der Waals surface area (Å²) in [6.45, 7) is 0.770. The normalized spacial score (nSPS) is 33.7. The van der Waals surface area contributed by atoms with E-state index >= 15 is 0 Å². The second-order valence-electron chi connectivity index (χ2n) is 8.34. The monoisotopic (exact) mass is 406 g/mol. The molecule has 1 N–H and O–H groups in total. The highest BCUT2D eigenvalue weighted by Gasteiger charge is 2.47. The molecule has 0 aliphatic heterocycles. The molecule has 0 saturated heterocycles. The number of phenols is 1. The highest BCUT2D eigenvalue weighted by atomic mass is 79.9. The maximum Gasteiger partial charge on any atom is 0.271 e. The van der Waals surface area contributed by atoms with Crippen molar-refractivity contribution in [1.29, 1.82) is 0 Å². The van der Waals surface area contributed by atoms with Gasteiger partial charge in [-0.05, 0) is 84.0 Å². The number of rotatable bonds is 4. The van der Waals surface area contributed by atoms with Crippen LogP contribution < -0.4 is 0 Å². The van der Waals surface area contributed by atoms with Crippen LogP contribution in [-0.2, 0) is 0 Å². The van der Waals surface area contributed by atoms with Gasteiger partial charge in [-0.15, -0.1) is 0 Å². The van der Waals surface area contributed by atoms with Crippen LogP contribution in [0.25, 0.3) is 0 Å². The van der Waals surface area contributed by atoms with Crippen molar-refractivity contribution in [3.8, 4) is 5.75 Å². The number of halogens is 1. The molecule has 0 spiro atoms. The lowest BCUT2D eigenvalue weighted by Crippen LogP contribution is -2.36. The molecule has 6 heteroatoms. The van der Waals surface area contributed by atoms with Crippen LogP contribution in [0.2, 0.25) is 0 Å². The Morgan fingerprint density at radius 2 is 1.96 bits per heavy atom. The van der Waals surface area contributed by atoms with Gasteiger partial charge in [0.2, 0.25) is 0 Å². The van der Waals surface area contributed by atoms with Crippen molar-refractivity contribution in [2.75, 3.05) is 6.54 Å². The van der Waals surface area contributed by atoms with Gasteiger partial charge < -0.3 is 5.11 Å². The Labute approximate surface area is 155 Å². The van der Waals surface area contributed by atoms with E-state index in [4.69, 9.17) is 0 Å². The number of aliphatic imine (C=N–C) groups is 1. The first-order valence-corrected chi connectivity index (χ1v) is 9.90. The van der Waals surface area contributed by atoms with Crippen LogP contribution in [0.1, 0.15) is 50.5 Å². The molecule has 4 fully saturated rings. The van der Waals surface area contributed by atoms with E-state index in [-0.39, 0.29) is 11.4 Å². The summed E-state index contributed by atoms with van der Waals surface area (Å²) in [4.78, 5) is 15.2. The van der Waals surface area contributed by atoms with Gasteiger partial charge in [0.15, 0.2) is 0 Å². The quantitative estimate of drug-likeness (QED) is 0.429. The van der Waals surface area contributed by atoms with E-state index in [2.05, 4.69) is 20.9 Å². The molecule has 4 bridgehead atoms. The van der Waals surface area contributed by atoms with Gasteiger partial charge in [-0.3, -0.25) is 15.1 Å². The fourth-order valence-electron chi connectivity index (χ4n) is 5.65. The number of aromatic hydroxyl groups is 1. The molecule has 0 unspecified atom stereocenters. The smallest absolute Gasteiger partial charge is 0.271 e. The van der Waals surface area contributed by atoms with Crippen molar-refractivity contribution in [3.05, 3.63) is 32.3 Å². The Bertz CT molecular complexity index is 720. The van der Waals surface area contributed by atoms with Crippen LogP contribution in [-0.4, -0.2) is 22.8 Å². The average molecular weight is 407 g/mol. The third-order valence-electron chi connectivity index (χ3n) is 6.47. The Balaban J connectivity index is 1.54. The third kappa shape index (κ3) is 3.33. The van der Waals surface area contributed by atoms with E-state index in [0.29, 0.717) is 15.5 Å². The largest absolute Gasteiger partial charge is 0.506 e. The van der Waals surface area contributed by atoms with Gasteiger partial charge in [-0.2, -0.15) is 0 Å². The molecule has 2 atom stereocenters. The molecule has 4 aliphatic rings. The van der Waals surface area contributed by atoms with E-state index in [9.17, 15) is 15.2 Å². The summed E-state index contributed by atoms with van der Waals surface area (Å²) in [6, 6.07) is 2.70. The highest BCUT2D eigenvalue weighted by Crippen LogP contribution is 2.57. The van der Waals surface area contributed by atoms with Crippen molar-refractivity contribution in [3.63, 3.8) is 0 Å². The Morgan fingerprint density at radius 1 is 1.28 bits per heavy atom. The number of nitro benzene ring substituents is 1. The fraction of sp³-hybridized carbons (Fsp3) is 0.632. The van der Waals surface area contributed by atoms with Crippen molar-refractivity contribution >= 4 is 27.8 Å². The minimum Gasteiger partial charge on any atom is -0.506 e. The number of phenolic OH excluding ortho intramolecular Hbond substituents is 1. The molecule has 1 aromatic rings. The lowest BCUT2D eigenvalue weighted by atomic mass is 9.61. The number of hydrogen-bond acceptors (Lipinski definition) is 4. The van der Waals surface area contributed by atoms with E-state index in [1.54, 1.807) is 6.21 Å². The molecule has 25 heavy (non-hydrogen) atoms. The van der Waals surface area contributed by atoms with Gasteiger partial charge >= 0.3 is 0 Å². The average Bonchev–Trinajstić information content (AvgIpc) is 2.75. The summed E-state index contributed by atoms with van der Waals surface area (Å²) >= 11 is 3.18. The van der Waals surface area contributed by atoms with E-state index in [0.717, 1.165) is 24.3 Å². The first-order chi connectivity index (χ1) is 11.9. The van der Waals surface area contributed by atoms with E-state index in [1.807, 2.05) is 0 Å². The van der Waals surface area contributed by atoms with Crippen molar-refractivity contribution in [2.24, 2.45) is 28.2 Å². The van der Waals surface area contributed by atoms with Gasteiger partial charge in [0.1, 0.15) is 5.75 Å². The summed E-state index contributed by atoms with van der Waals surface area (Å²) in [7, 11) is 0. The Kier molecular flexibility index (Phi) is 4.34. The molecule has 5 rings (SSSR count). The fourth-order valence-corrected chi connectivity index (χ4v) is 6.11. The molecular formula is C19H23BrN2O3. The second-order valence-corrected chi connectivity index (χ2v) is 9.20. The van der Waals surface area contributed by atoms with Crippen LogP contribution in [0, 0.1) is 33.3 Å². The molecule has 0 heterocycles. The highest BCUT2D eigenvalue weighted by molar-refractivity contribution is 9.10. The minimum absolute atomic E-state index is 0.0106. The van der Waals surface area contributed by atoms with E-state index in [1.165, 1.54) is 57.1 Å². The summed E-state index contributed by atoms with van der Waals surface area (Å²) in [6.07, 6.45) is 11.0. The number of nitro groups is 1. The number of benzene rings is 1. The summed E-state index contributed by atoms with van der Waals surface area (Å²) in [5.74, 6) is 2.68. The van der Waals surface area contributed by atoms with Gasteiger partial charge in [0.25, 0.3) is 5.69 Å². The van der Waals surface area contributed by atoms with Gasteiger partial charge in [0.05, 0.1) is 9.40 Å². The Morgan fingerprint density at radius 3 is 2.64 bits per heavy atom. The zero-order chi connectivity index (χ0) is 17.6. The standard InChI is InChI=1S/C19H23BrN2O3/c20-17-7-16(22(24)25)6-15(18(17)23)10-21-11-19-2-1-12-3-13(8-19)5-14(4-12)9-19/h6-7,10,12-14,23H,1-5,8-9,11H2/t12?,13-,14-,19?/m0/s1. The molecule has 0 radical (unpaired) electrons. The maximum atomic E-state index is 11.0. The molecule has 0 amide bonds. The second kappa shape index (κ2) is 6.38. The molecule has 4 aliphatic carbocycles. The molecule has 5 nitrogen and oxygen atoms in total. The molecule has 1 aromatic carbocycles. The van der Waals surface area contributed by atoms with Crippen LogP contribution in [0.15, 0.2) is 21.6 Å². The van der Waals surface area contributed by atoms with E-state index < -0.39 is 4.92 Å². The van der Waals surface area contributed by atoms with Crippen molar-refractivity contribution in [1.82, 2.24) is 0 Å². The predicted octanol–water partition coefficient (Wildman–Crippen LogP) is 5.09. The van der Waals surface area contributed by atoms with Crippen LogP contribution in [0.5, 0.6) is 5.75 Å². The van der Waals surface area contributed by atoms with Crippen LogP contribution in [0.4, 0.5) is 5.69 Å². The van der Waals surface area contributed by atoms with Crippen molar-refractivity contribution < 1.29 is 10.0 Å². The number of hydrogen-bond donors (Lipinski definition) is 1. The zero-order valence-corrected chi connectivity index (χ0v) is 15.7. The number of fused-ring (bicyclic) bond motifs is 1. The van der Waals surface area contributed by atoms with Crippen LogP contribution >= 0.6 is 15.9 Å². The van der Waals surface area contributed by atoms with Gasteiger partial charge in [0, 0.05) is 30.5 Å². The summed E-state index contributed by atoms with van der Waals surface area (Å²) in [5.41, 5.74) is 0.670. The third-order valence-corrected chi connectivity index (χ3v) is 7.08. The first-order valence-electron chi connectivity index (χ1n) is 9.11. The zero-order valence-electron chi connectivity index (χ0n) is 14.2. The lowest BCUT2D eigenvalue weighted by molar-refractivity contribution is -0.385. The first kappa shape index (κ1) is 17.0. The van der Waals surface area contributed by atoms with Gasteiger partial charge in [-0.1, -0.05) is 0 Å². The Hall–Kier alpha value is -1.43. The number of nitrogens with zero attached hydrogens (tertiary/aromatic N) is 2. The topological polar surface area (TPSA) is 75.7 Å². The van der Waals surface area contributed by atoms with Crippen LogP contribution in [0.3, 0.4) is 0 Å². The van der Waals surface area contributed by atoms with Gasteiger partial charge in [-0.25, -0.2) is 0 Å². The SMILES string of the molecule is O=[N+]([O-])c1cc(Br)c(O)c(C=NCC23CCC4C[C@@H](C[C@H](C4)C2)C3)c1. The predicted molar refractivity (Wildman–Crippen MR) is 100 cm³/mol. The minimum atomic E-state index is -0.454. The molecule has 0 aromatic heterocycles. The summed E-state index contributed by atoms with van der Waals surface area (Å²) < 4.78 is 0.328. The molecule has 4 saturated carbocycles. The number of non-ortho nitro benzene ring substituents is 1. The maximum absolute atomic E-state index is 11.0. The molecular weight excluding hydrogens is 384 g/mol. The molecule has 134 valence electrons. The lowest BCUT2D eigenvalue weighted by Gasteiger charge is -2.44.